The van der Waals surface area contributed by atoms with Gasteiger partial charge >= 0.3 is 0 Å². The Bertz CT molecular complexity index is 506. The molecule has 1 aromatic carbocycles. The number of anilines is 1. The van der Waals surface area contributed by atoms with Crippen LogP contribution in [0.3, 0.4) is 0 Å². The number of halogens is 1. The molecule has 0 aliphatic carbocycles. The van der Waals surface area contributed by atoms with Crippen LogP contribution in [-0.2, 0) is 4.79 Å². The predicted molar refractivity (Wildman–Crippen MR) is 62.6 cm³/mol. The molecule has 1 atom stereocenters. The van der Waals surface area contributed by atoms with Crippen molar-refractivity contribution in [1.82, 2.24) is 0 Å². The van der Waals surface area contributed by atoms with Gasteiger partial charge in [0.1, 0.15) is 17.5 Å². The molecule has 18 heavy (non-hydrogen) atoms. The number of benzene rings is 1. The Balaban J connectivity index is 2.44. The van der Waals surface area contributed by atoms with E-state index in [9.17, 15) is 19.3 Å². The second kappa shape index (κ2) is 4.59. The molecule has 0 radical (unpaired) electrons. The molecule has 7 heteroatoms. The van der Waals surface area contributed by atoms with E-state index in [1.807, 2.05) is 0 Å². The zero-order valence-electron chi connectivity index (χ0n) is 9.51. The van der Waals surface area contributed by atoms with Gasteiger partial charge in [0.2, 0.25) is 5.91 Å². The minimum atomic E-state index is -0.680. The normalized spacial score (nSPS) is 18.9. The van der Waals surface area contributed by atoms with Crippen LogP contribution in [0.1, 0.15) is 12.8 Å². The fourth-order valence-corrected chi connectivity index (χ4v) is 2.24. The number of hydrogen-bond donors (Lipinski definition) is 1. The fraction of sp³-hybridized carbons (Fsp3) is 0.364. The smallest absolute Gasteiger partial charge is 0.295 e. The van der Waals surface area contributed by atoms with Crippen LogP contribution in [0.4, 0.5) is 15.8 Å². The number of hydrogen-bond acceptors (Lipinski definition) is 4. The molecule has 1 aliphatic rings. The van der Waals surface area contributed by atoms with E-state index in [2.05, 4.69) is 0 Å². The van der Waals surface area contributed by atoms with E-state index in [4.69, 9.17) is 5.73 Å². The first-order valence-corrected chi connectivity index (χ1v) is 5.50. The first-order valence-electron chi connectivity index (χ1n) is 5.50. The Morgan fingerprint density at radius 2 is 2.28 bits per heavy atom. The molecule has 2 N–H and O–H groups in total. The van der Waals surface area contributed by atoms with E-state index in [1.165, 1.54) is 6.07 Å². The van der Waals surface area contributed by atoms with E-state index in [-0.39, 0.29) is 11.4 Å². The standard InChI is InChI=1S/C11H12FN3O3/c12-7-3-4-8(10(6-7)15(17)18)14-5-1-2-9(14)11(13)16/h3-4,6,9H,1-2,5H2,(H2,13,16). The van der Waals surface area contributed by atoms with E-state index < -0.39 is 22.7 Å². The molecule has 96 valence electrons. The summed E-state index contributed by atoms with van der Waals surface area (Å²) in [5.41, 5.74) is 5.15. The highest BCUT2D eigenvalue weighted by Gasteiger charge is 2.33. The van der Waals surface area contributed by atoms with Gasteiger partial charge in [0.25, 0.3) is 5.69 Å². The Morgan fingerprint density at radius 3 is 2.89 bits per heavy atom. The van der Waals surface area contributed by atoms with Crippen molar-refractivity contribution in [2.45, 2.75) is 18.9 Å². The lowest BCUT2D eigenvalue weighted by Gasteiger charge is -2.23. The molecular formula is C11H12FN3O3. The summed E-state index contributed by atoms with van der Waals surface area (Å²) in [7, 11) is 0. The number of primary amides is 1. The molecule has 1 heterocycles. The third-order valence-corrected chi connectivity index (χ3v) is 3.02. The molecule has 1 aliphatic heterocycles. The van der Waals surface area contributed by atoms with Gasteiger partial charge in [-0.3, -0.25) is 14.9 Å². The number of nitro groups is 1. The molecule has 1 saturated heterocycles. The van der Waals surface area contributed by atoms with Gasteiger partial charge in [0, 0.05) is 6.54 Å². The number of rotatable bonds is 3. The topological polar surface area (TPSA) is 89.5 Å². The molecule has 2 rings (SSSR count). The third kappa shape index (κ3) is 2.11. The molecule has 0 saturated carbocycles. The Morgan fingerprint density at radius 1 is 1.56 bits per heavy atom. The molecule has 0 spiro atoms. The van der Waals surface area contributed by atoms with Crippen LogP contribution in [0.15, 0.2) is 18.2 Å². The predicted octanol–water partition coefficient (Wildman–Crippen LogP) is 1.19. The van der Waals surface area contributed by atoms with Crippen LogP contribution in [0.25, 0.3) is 0 Å². The summed E-state index contributed by atoms with van der Waals surface area (Å²) in [6.45, 7) is 0.500. The number of nitro benzene ring substituents is 1. The lowest BCUT2D eigenvalue weighted by molar-refractivity contribution is -0.384. The second-order valence-corrected chi connectivity index (χ2v) is 4.14. The molecule has 1 amide bonds. The lowest BCUT2D eigenvalue weighted by Crippen LogP contribution is -2.40. The van der Waals surface area contributed by atoms with Crippen LogP contribution in [0.2, 0.25) is 0 Å². The highest BCUT2D eigenvalue weighted by molar-refractivity contribution is 5.85. The molecule has 0 aromatic heterocycles. The van der Waals surface area contributed by atoms with Crippen molar-refractivity contribution in [1.29, 1.82) is 0 Å². The maximum atomic E-state index is 13.0. The zero-order chi connectivity index (χ0) is 13.3. The van der Waals surface area contributed by atoms with Crippen molar-refractivity contribution < 1.29 is 14.1 Å². The van der Waals surface area contributed by atoms with Crippen molar-refractivity contribution in [3.8, 4) is 0 Å². The summed E-state index contributed by atoms with van der Waals surface area (Å²) in [6, 6.07) is 2.74. The number of amides is 1. The molecule has 0 bridgehead atoms. The largest absolute Gasteiger partial charge is 0.368 e. The Kier molecular flexibility index (Phi) is 3.14. The molecule has 1 fully saturated rings. The minimum Gasteiger partial charge on any atom is -0.368 e. The summed E-state index contributed by atoms with van der Waals surface area (Å²) in [5.74, 6) is -1.20. The summed E-state index contributed by atoms with van der Waals surface area (Å²) in [6.07, 6.45) is 1.28. The minimum absolute atomic E-state index is 0.239. The maximum absolute atomic E-state index is 13.0. The summed E-state index contributed by atoms with van der Waals surface area (Å²) in [4.78, 5) is 23.1. The fourth-order valence-electron chi connectivity index (χ4n) is 2.24. The SMILES string of the molecule is NC(=O)C1CCCN1c1ccc(F)cc1[N+](=O)[O-]. The molecule has 1 aromatic rings. The van der Waals surface area contributed by atoms with Gasteiger partial charge in [-0.05, 0) is 25.0 Å². The monoisotopic (exact) mass is 253 g/mol. The molecular weight excluding hydrogens is 241 g/mol. The first-order chi connectivity index (χ1) is 8.50. The summed E-state index contributed by atoms with van der Waals surface area (Å²) >= 11 is 0. The van der Waals surface area contributed by atoms with Gasteiger partial charge in [-0.15, -0.1) is 0 Å². The van der Waals surface area contributed by atoms with Gasteiger partial charge in [-0.25, -0.2) is 4.39 Å². The second-order valence-electron chi connectivity index (χ2n) is 4.14. The van der Waals surface area contributed by atoms with E-state index in [0.717, 1.165) is 18.6 Å². The quantitative estimate of drug-likeness (QED) is 0.647. The van der Waals surface area contributed by atoms with Crippen LogP contribution < -0.4 is 10.6 Å². The van der Waals surface area contributed by atoms with Crippen molar-refractivity contribution in [2.75, 3.05) is 11.4 Å². The first kappa shape index (κ1) is 12.3. The summed E-state index contributed by atoms with van der Waals surface area (Å²) in [5, 5.41) is 10.9. The number of carbonyl (C=O) groups excluding carboxylic acids is 1. The van der Waals surface area contributed by atoms with Crippen LogP contribution in [-0.4, -0.2) is 23.4 Å². The van der Waals surface area contributed by atoms with Crippen molar-refractivity contribution in [3.05, 3.63) is 34.1 Å². The average molecular weight is 253 g/mol. The van der Waals surface area contributed by atoms with Gasteiger partial charge in [0.15, 0.2) is 0 Å². The average Bonchev–Trinajstić information content (AvgIpc) is 2.77. The van der Waals surface area contributed by atoms with Gasteiger partial charge < -0.3 is 10.6 Å². The van der Waals surface area contributed by atoms with Crippen LogP contribution in [0.5, 0.6) is 0 Å². The van der Waals surface area contributed by atoms with Gasteiger partial charge in [0.05, 0.1) is 11.0 Å². The van der Waals surface area contributed by atoms with Gasteiger partial charge in [-0.1, -0.05) is 0 Å². The number of nitrogens with zero attached hydrogens (tertiary/aromatic N) is 2. The summed E-state index contributed by atoms with van der Waals surface area (Å²) < 4.78 is 13.0. The highest BCUT2D eigenvalue weighted by atomic mass is 19.1. The van der Waals surface area contributed by atoms with E-state index >= 15 is 0 Å². The molecule has 1 unspecified atom stereocenters. The van der Waals surface area contributed by atoms with E-state index in [1.54, 1.807) is 4.90 Å². The number of nitrogens with two attached hydrogens (primary N) is 1. The van der Waals surface area contributed by atoms with Crippen LogP contribution >= 0.6 is 0 Å². The third-order valence-electron chi connectivity index (χ3n) is 3.02. The van der Waals surface area contributed by atoms with E-state index in [0.29, 0.717) is 13.0 Å². The highest BCUT2D eigenvalue weighted by Crippen LogP contribution is 2.33. The molecule has 6 nitrogen and oxygen atoms in total. The lowest BCUT2D eigenvalue weighted by atomic mass is 10.2. The van der Waals surface area contributed by atoms with Crippen LogP contribution in [0, 0.1) is 15.9 Å². The Labute approximate surface area is 102 Å². The zero-order valence-corrected chi connectivity index (χ0v) is 9.51. The van der Waals surface area contributed by atoms with Crippen molar-refractivity contribution in [2.24, 2.45) is 5.73 Å². The van der Waals surface area contributed by atoms with Crippen molar-refractivity contribution >= 4 is 17.3 Å². The Hall–Kier alpha value is -2.18. The number of carbonyl (C=O) groups is 1. The van der Waals surface area contributed by atoms with Crippen molar-refractivity contribution in [3.63, 3.8) is 0 Å². The maximum Gasteiger partial charge on any atom is 0.295 e. The van der Waals surface area contributed by atoms with Gasteiger partial charge in [-0.2, -0.15) is 0 Å².